The van der Waals surface area contributed by atoms with Crippen molar-refractivity contribution in [3.8, 4) is 0 Å². The van der Waals surface area contributed by atoms with Crippen molar-refractivity contribution < 1.29 is 26.7 Å². The number of amides is 1. The maximum atomic E-state index is 13.9. The van der Waals surface area contributed by atoms with E-state index in [0.29, 0.717) is 17.5 Å². The highest BCUT2D eigenvalue weighted by Crippen LogP contribution is 2.33. The smallest absolute Gasteiger partial charge is 0.358 e. The van der Waals surface area contributed by atoms with Gasteiger partial charge in [0.1, 0.15) is 6.04 Å². The summed E-state index contributed by atoms with van der Waals surface area (Å²) in [6.45, 7) is 0.289. The Morgan fingerprint density at radius 2 is 1.48 bits per heavy atom. The minimum atomic E-state index is -4.48. The first-order valence-electron chi connectivity index (χ1n) is 10.3. The molecule has 1 amide bonds. The van der Waals surface area contributed by atoms with Crippen LogP contribution in [0.2, 0.25) is 0 Å². The molecule has 8 heteroatoms. The molecule has 0 saturated heterocycles. The number of nitrogens with one attached hydrogen (secondary N) is 2. The second-order valence-electron chi connectivity index (χ2n) is 7.55. The lowest BCUT2D eigenvalue weighted by atomic mass is 9.87. The Labute approximate surface area is 188 Å². The van der Waals surface area contributed by atoms with Gasteiger partial charge in [-0.2, -0.15) is 13.2 Å². The minimum Gasteiger partial charge on any atom is -0.358 e. The van der Waals surface area contributed by atoms with Crippen LogP contribution in [0, 0.1) is 11.6 Å². The van der Waals surface area contributed by atoms with Gasteiger partial charge in [0.2, 0.25) is 5.91 Å². The van der Waals surface area contributed by atoms with Crippen LogP contribution in [0.5, 0.6) is 0 Å². The molecular formula is C25H23F5N2O. The molecule has 0 aliphatic heterocycles. The Bertz CT molecular complexity index is 1070. The molecule has 33 heavy (non-hydrogen) atoms. The monoisotopic (exact) mass is 462 g/mol. The van der Waals surface area contributed by atoms with Crippen LogP contribution < -0.4 is 10.6 Å². The largest absolute Gasteiger partial charge is 0.416 e. The summed E-state index contributed by atoms with van der Waals surface area (Å²) in [6, 6.07) is 16.4. The molecule has 2 N–H and O–H groups in total. The maximum absolute atomic E-state index is 13.9. The molecule has 174 valence electrons. The van der Waals surface area contributed by atoms with E-state index in [1.165, 1.54) is 25.2 Å². The van der Waals surface area contributed by atoms with Crippen LogP contribution in [0.3, 0.4) is 0 Å². The summed E-state index contributed by atoms with van der Waals surface area (Å²) in [5, 5.41) is 5.76. The van der Waals surface area contributed by atoms with Crippen molar-refractivity contribution in [3.05, 3.63) is 107 Å². The topological polar surface area (TPSA) is 41.1 Å². The Morgan fingerprint density at radius 1 is 0.848 bits per heavy atom. The molecule has 3 aromatic rings. The Morgan fingerprint density at radius 3 is 2.06 bits per heavy atom. The highest BCUT2D eigenvalue weighted by Gasteiger charge is 2.30. The Balaban J connectivity index is 1.85. The molecule has 2 atom stereocenters. The fraction of sp³-hybridized carbons (Fsp3) is 0.240. The number of carbonyl (C=O) groups excluding carboxylic acids is 1. The van der Waals surface area contributed by atoms with Crippen LogP contribution >= 0.6 is 0 Å². The number of hydrogen-bond donors (Lipinski definition) is 2. The lowest BCUT2D eigenvalue weighted by Gasteiger charge is -2.22. The average molecular weight is 462 g/mol. The summed E-state index contributed by atoms with van der Waals surface area (Å²) in [7, 11) is 1.52. The van der Waals surface area contributed by atoms with E-state index >= 15 is 0 Å². The minimum absolute atomic E-state index is 0.250. The van der Waals surface area contributed by atoms with Crippen molar-refractivity contribution in [1.82, 2.24) is 10.6 Å². The lowest BCUT2D eigenvalue weighted by Crippen LogP contribution is -2.36. The van der Waals surface area contributed by atoms with Crippen LogP contribution in [-0.2, 0) is 11.0 Å². The zero-order chi connectivity index (χ0) is 24.0. The number of carbonyl (C=O) groups is 1. The van der Waals surface area contributed by atoms with Crippen molar-refractivity contribution >= 4 is 5.91 Å². The van der Waals surface area contributed by atoms with Crippen LogP contribution in [0.4, 0.5) is 22.0 Å². The first-order valence-corrected chi connectivity index (χ1v) is 10.3. The molecule has 0 aliphatic rings. The highest BCUT2D eigenvalue weighted by atomic mass is 19.4. The first-order chi connectivity index (χ1) is 15.7. The highest BCUT2D eigenvalue weighted by molar-refractivity contribution is 5.82. The van der Waals surface area contributed by atoms with Crippen LogP contribution in [0.15, 0.2) is 72.8 Å². The summed E-state index contributed by atoms with van der Waals surface area (Å²) < 4.78 is 66.3. The summed E-state index contributed by atoms with van der Waals surface area (Å²) in [6.07, 6.45) is -4.15. The van der Waals surface area contributed by atoms with Crippen LogP contribution in [0.25, 0.3) is 0 Å². The molecule has 3 rings (SSSR count). The van der Waals surface area contributed by atoms with Gasteiger partial charge in [0.25, 0.3) is 0 Å². The van der Waals surface area contributed by atoms with Crippen molar-refractivity contribution in [2.75, 3.05) is 13.6 Å². The van der Waals surface area contributed by atoms with Gasteiger partial charge in [-0.15, -0.1) is 0 Å². The van der Waals surface area contributed by atoms with E-state index in [4.69, 9.17) is 0 Å². The number of alkyl halides is 3. The zero-order valence-corrected chi connectivity index (χ0v) is 17.8. The number of hydrogen-bond acceptors (Lipinski definition) is 2. The zero-order valence-electron chi connectivity index (χ0n) is 17.8. The fourth-order valence-corrected chi connectivity index (χ4v) is 3.68. The van der Waals surface area contributed by atoms with Gasteiger partial charge < -0.3 is 10.6 Å². The van der Waals surface area contributed by atoms with Gasteiger partial charge in [-0.1, -0.05) is 48.5 Å². The molecule has 0 spiro atoms. The van der Waals surface area contributed by atoms with Gasteiger partial charge in [-0.05, 0) is 53.9 Å². The number of benzene rings is 3. The van der Waals surface area contributed by atoms with Gasteiger partial charge in [0.15, 0.2) is 11.6 Å². The molecular weight excluding hydrogens is 439 g/mol. The molecule has 0 aromatic heterocycles. The molecule has 3 aromatic carbocycles. The van der Waals surface area contributed by atoms with Gasteiger partial charge in [-0.25, -0.2) is 8.78 Å². The second-order valence-corrected chi connectivity index (χ2v) is 7.55. The van der Waals surface area contributed by atoms with Crippen molar-refractivity contribution in [1.29, 1.82) is 0 Å². The molecule has 0 heterocycles. The standard InChI is InChI=1S/C25H23F5N2O/c1-31-24(33)23(17-5-3-2-4-6-17)32-14-13-20(18-9-12-21(26)22(27)15-18)16-7-10-19(11-8-16)25(28,29)30/h2-12,15,20,23,32H,13-14H2,1H3,(H,31,33)/t20-,23-/m1/s1. The van der Waals surface area contributed by atoms with E-state index in [0.717, 1.165) is 29.8 Å². The number of rotatable bonds is 8. The average Bonchev–Trinajstić information content (AvgIpc) is 2.81. The third kappa shape index (κ3) is 6.16. The Hall–Kier alpha value is -3.26. The molecule has 0 bridgehead atoms. The van der Waals surface area contributed by atoms with Gasteiger partial charge in [0, 0.05) is 13.0 Å². The van der Waals surface area contributed by atoms with Crippen LogP contribution in [0.1, 0.15) is 40.6 Å². The SMILES string of the molecule is CNC(=O)[C@H](NCC[C@H](c1ccc(C(F)(F)F)cc1)c1ccc(F)c(F)c1)c1ccccc1. The molecule has 0 saturated carbocycles. The summed E-state index contributed by atoms with van der Waals surface area (Å²) in [5.41, 5.74) is 0.895. The summed E-state index contributed by atoms with van der Waals surface area (Å²) >= 11 is 0. The van der Waals surface area contributed by atoms with Crippen LogP contribution in [-0.4, -0.2) is 19.5 Å². The first kappa shape index (κ1) is 24.4. The molecule has 0 unspecified atom stereocenters. The quantitative estimate of drug-likeness (QED) is 0.429. The second kappa shape index (κ2) is 10.6. The predicted octanol–water partition coefficient (Wildman–Crippen LogP) is 5.58. The third-order valence-electron chi connectivity index (χ3n) is 5.41. The third-order valence-corrected chi connectivity index (χ3v) is 5.41. The maximum Gasteiger partial charge on any atom is 0.416 e. The number of likely N-dealkylation sites (N-methyl/N-ethyl adjacent to an activating group) is 1. The van der Waals surface area contributed by atoms with Gasteiger partial charge in [-0.3, -0.25) is 4.79 Å². The Kier molecular flexibility index (Phi) is 7.81. The molecule has 3 nitrogen and oxygen atoms in total. The summed E-state index contributed by atoms with van der Waals surface area (Å²) in [5.74, 6) is -2.81. The van der Waals surface area contributed by atoms with Crippen molar-refractivity contribution in [3.63, 3.8) is 0 Å². The number of halogens is 5. The molecule has 0 aliphatic carbocycles. The fourth-order valence-electron chi connectivity index (χ4n) is 3.68. The van der Waals surface area contributed by atoms with E-state index in [2.05, 4.69) is 10.6 Å². The van der Waals surface area contributed by atoms with Crippen molar-refractivity contribution in [2.45, 2.75) is 24.6 Å². The van der Waals surface area contributed by atoms with E-state index in [-0.39, 0.29) is 12.5 Å². The predicted molar refractivity (Wildman–Crippen MR) is 116 cm³/mol. The normalized spacial score (nSPS) is 13.4. The van der Waals surface area contributed by atoms with E-state index in [9.17, 15) is 26.7 Å². The van der Waals surface area contributed by atoms with E-state index in [1.807, 2.05) is 6.07 Å². The van der Waals surface area contributed by atoms with E-state index < -0.39 is 35.3 Å². The van der Waals surface area contributed by atoms with E-state index in [1.54, 1.807) is 24.3 Å². The lowest BCUT2D eigenvalue weighted by molar-refractivity contribution is -0.137. The molecule has 0 fully saturated rings. The summed E-state index contributed by atoms with van der Waals surface area (Å²) in [4.78, 5) is 12.4. The van der Waals surface area contributed by atoms with Gasteiger partial charge in [0.05, 0.1) is 5.56 Å². The van der Waals surface area contributed by atoms with Crippen molar-refractivity contribution in [2.24, 2.45) is 0 Å². The molecule has 0 radical (unpaired) electrons. The van der Waals surface area contributed by atoms with Gasteiger partial charge >= 0.3 is 6.18 Å².